The van der Waals surface area contributed by atoms with Gasteiger partial charge in [0.15, 0.2) is 0 Å². The van der Waals surface area contributed by atoms with Crippen LogP contribution in [0.2, 0.25) is 5.28 Å². The highest BCUT2D eigenvalue weighted by Gasteiger charge is 2.27. The molecule has 3 aromatic rings. The largest absolute Gasteiger partial charge is 0.355 e. The number of thiophene rings is 1. The maximum Gasteiger partial charge on any atom is 0.225 e. The predicted molar refractivity (Wildman–Crippen MR) is 117 cm³/mol. The first kappa shape index (κ1) is 18.7. The van der Waals surface area contributed by atoms with E-state index in [1.54, 1.807) is 11.3 Å². The molecule has 1 aromatic carbocycles. The molecule has 0 saturated carbocycles. The van der Waals surface area contributed by atoms with Crippen molar-refractivity contribution in [3.8, 4) is 11.1 Å². The van der Waals surface area contributed by atoms with Crippen molar-refractivity contribution in [2.45, 2.75) is 40.5 Å². The van der Waals surface area contributed by atoms with Crippen LogP contribution >= 0.6 is 22.9 Å². The second kappa shape index (κ2) is 7.40. The van der Waals surface area contributed by atoms with E-state index in [-0.39, 0.29) is 0 Å². The predicted octanol–water partition coefficient (Wildman–Crippen LogP) is 6.36. The van der Waals surface area contributed by atoms with Crippen molar-refractivity contribution in [3.05, 3.63) is 40.0 Å². The number of anilines is 1. The van der Waals surface area contributed by atoms with Gasteiger partial charge in [-0.1, -0.05) is 50.6 Å². The van der Waals surface area contributed by atoms with Crippen LogP contribution in [-0.2, 0) is 6.42 Å². The van der Waals surface area contributed by atoms with E-state index < -0.39 is 0 Å². The number of piperidine rings is 1. The van der Waals surface area contributed by atoms with Crippen molar-refractivity contribution in [2.24, 2.45) is 11.8 Å². The van der Waals surface area contributed by atoms with Gasteiger partial charge in [0.2, 0.25) is 5.28 Å². The Hall–Kier alpha value is -1.65. The topological polar surface area (TPSA) is 29.0 Å². The number of hydrogen-bond acceptors (Lipinski definition) is 4. The lowest BCUT2D eigenvalue weighted by atomic mass is 9.91. The molecule has 0 spiro atoms. The first-order valence-electron chi connectivity index (χ1n) is 9.77. The maximum atomic E-state index is 6.35. The van der Waals surface area contributed by atoms with E-state index >= 15 is 0 Å². The third-order valence-electron chi connectivity index (χ3n) is 5.41. The molecule has 1 fully saturated rings. The Kier molecular flexibility index (Phi) is 5.13. The summed E-state index contributed by atoms with van der Waals surface area (Å²) in [4.78, 5) is 14.1. The van der Waals surface area contributed by atoms with Gasteiger partial charge in [0.1, 0.15) is 10.6 Å². The molecule has 5 heteroatoms. The quantitative estimate of drug-likeness (QED) is 0.479. The number of rotatable bonds is 3. The monoisotopic (exact) mass is 399 g/mol. The molecule has 2 unspecified atom stereocenters. The number of nitrogens with zero attached hydrogens (tertiary/aromatic N) is 3. The number of benzene rings is 1. The molecule has 1 aliphatic heterocycles. The van der Waals surface area contributed by atoms with Gasteiger partial charge in [-0.15, -0.1) is 11.3 Å². The number of hydrogen-bond donors (Lipinski definition) is 0. The molecule has 0 bridgehead atoms. The fraction of sp³-hybridized carbons (Fsp3) is 0.455. The Morgan fingerprint density at radius 1 is 1.11 bits per heavy atom. The molecular formula is C22H26ClN3S. The van der Waals surface area contributed by atoms with Crippen molar-refractivity contribution < 1.29 is 0 Å². The molecule has 4 rings (SSSR count). The zero-order valence-corrected chi connectivity index (χ0v) is 18.0. The van der Waals surface area contributed by atoms with Gasteiger partial charge in [0.05, 0.1) is 5.39 Å². The van der Waals surface area contributed by atoms with E-state index in [4.69, 9.17) is 16.6 Å². The van der Waals surface area contributed by atoms with E-state index in [9.17, 15) is 0 Å². The van der Waals surface area contributed by atoms with Gasteiger partial charge in [-0.05, 0) is 48.8 Å². The molecule has 2 aromatic heterocycles. The highest BCUT2D eigenvalue weighted by molar-refractivity contribution is 7.19. The number of fused-ring (bicyclic) bond motifs is 1. The van der Waals surface area contributed by atoms with Crippen LogP contribution in [0.25, 0.3) is 21.3 Å². The zero-order valence-electron chi connectivity index (χ0n) is 16.4. The van der Waals surface area contributed by atoms with E-state index in [0.717, 1.165) is 30.2 Å². The lowest BCUT2D eigenvalue weighted by molar-refractivity contribution is 0.356. The summed E-state index contributed by atoms with van der Waals surface area (Å²) in [5.74, 6) is 2.32. The average molecular weight is 400 g/mol. The van der Waals surface area contributed by atoms with Crippen LogP contribution in [0.1, 0.15) is 37.6 Å². The van der Waals surface area contributed by atoms with Gasteiger partial charge in [0, 0.05) is 23.5 Å². The van der Waals surface area contributed by atoms with Crippen LogP contribution in [0.3, 0.4) is 0 Å². The summed E-state index contributed by atoms with van der Waals surface area (Å²) >= 11 is 8.10. The fourth-order valence-corrected chi connectivity index (χ4v) is 5.68. The van der Waals surface area contributed by atoms with Gasteiger partial charge < -0.3 is 4.90 Å². The molecule has 27 heavy (non-hydrogen) atoms. The van der Waals surface area contributed by atoms with Crippen LogP contribution in [0.4, 0.5) is 5.82 Å². The van der Waals surface area contributed by atoms with Gasteiger partial charge in [0.25, 0.3) is 0 Å². The number of aromatic nitrogens is 2. The second-order valence-electron chi connectivity index (χ2n) is 7.97. The molecular weight excluding hydrogens is 374 g/mol. The minimum Gasteiger partial charge on any atom is -0.355 e. The first-order chi connectivity index (χ1) is 13.0. The first-order valence-corrected chi connectivity index (χ1v) is 11.0. The van der Waals surface area contributed by atoms with Crippen LogP contribution in [0, 0.1) is 18.8 Å². The Labute approximate surface area is 170 Å². The Balaban J connectivity index is 1.96. The summed E-state index contributed by atoms with van der Waals surface area (Å²) < 4.78 is 0. The lowest BCUT2D eigenvalue weighted by Gasteiger charge is -2.36. The van der Waals surface area contributed by atoms with Crippen molar-refractivity contribution in [1.82, 2.24) is 9.97 Å². The summed E-state index contributed by atoms with van der Waals surface area (Å²) in [6, 6.07) is 8.80. The van der Waals surface area contributed by atoms with E-state index in [1.807, 2.05) is 0 Å². The molecule has 1 saturated heterocycles. The molecule has 2 atom stereocenters. The molecule has 0 aliphatic carbocycles. The smallest absolute Gasteiger partial charge is 0.225 e. The van der Waals surface area contributed by atoms with Crippen LogP contribution < -0.4 is 4.90 Å². The Bertz CT molecular complexity index is 954. The highest BCUT2D eigenvalue weighted by Crippen LogP contribution is 2.43. The van der Waals surface area contributed by atoms with Gasteiger partial charge in [-0.3, -0.25) is 0 Å². The minimum atomic E-state index is 0.350. The van der Waals surface area contributed by atoms with Crippen molar-refractivity contribution in [3.63, 3.8) is 0 Å². The Morgan fingerprint density at radius 3 is 2.41 bits per heavy atom. The second-order valence-corrected chi connectivity index (χ2v) is 9.39. The summed E-state index contributed by atoms with van der Waals surface area (Å²) in [5.41, 5.74) is 3.80. The van der Waals surface area contributed by atoms with Crippen molar-refractivity contribution in [2.75, 3.05) is 18.0 Å². The summed E-state index contributed by atoms with van der Waals surface area (Å²) in [7, 11) is 0. The molecule has 3 heterocycles. The van der Waals surface area contributed by atoms with Crippen LogP contribution in [0.5, 0.6) is 0 Å². The standard InChI is InChI=1S/C22H26ClN3S/c1-5-17-18(16-8-6-13(2)7-9-16)19-20(24-22(23)25-21(19)27-17)26-11-14(3)10-15(4)12-26/h6-9,14-15H,5,10-12H2,1-4H3. The van der Waals surface area contributed by atoms with Crippen LogP contribution in [-0.4, -0.2) is 23.1 Å². The third-order valence-corrected chi connectivity index (χ3v) is 6.80. The van der Waals surface area contributed by atoms with E-state index in [2.05, 4.69) is 61.8 Å². The fourth-order valence-electron chi connectivity index (χ4n) is 4.34. The van der Waals surface area contributed by atoms with E-state index in [0.29, 0.717) is 17.1 Å². The maximum absolute atomic E-state index is 6.35. The highest BCUT2D eigenvalue weighted by atomic mass is 35.5. The molecule has 0 amide bonds. The molecule has 3 nitrogen and oxygen atoms in total. The number of halogens is 1. The van der Waals surface area contributed by atoms with Gasteiger partial charge in [-0.25, -0.2) is 4.98 Å². The van der Waals surface area contributed by atoms with E-state index in [1.165, 1.54) is 33.4 Å². The average Bonchev–Trinajstić information content (AvgIpc) is 2.99. The van der Waals surface area contributed by atoms with Gasteiger partial charge in [-0.2, -0.15) is 4.98 Å². The normalized spacial score (nSPS) is 20.4. The minimum absolute atomic E-state index is 0.350. The van der Waals surface area contributed by atoms with Gasteiger partial charge >= 0.3 is 0 Å². The SMILES string of the molecule is CCc1sc2nc(Cl)nc(N3CC(C)CC(C)C3)c2c1-c1ccc(C)cc1. The summed E-state index contributed by atoms with van der Waals surface area (Å²) in [5, 5.41) is 1.52. The molecule has 1 aliphatic rings. The number of aryl methyl sites for hydroxylation is 2. The molecule has 142 valence electrons. The molecule has 0 radical (unpaired) electrons. The zero-order chi connectivity index (χ0) is 19.1. The third kappa shape index (κ3) is 3.57. The Morgan fingerprint density at radius 2 is 1.78 bits per heavy atom. The molecule has 0 N–H and O–H groups in total. The van der Waals surface area contributed by atoms with Crippen molar-refractivity contribution >= 4 is 39.0 Å². The lowest BCUT2D eigenvalue weighted by Crippen LogP contribution is -2.39. The van der Waals surface area contributed by atoms with Crippen molar-refractivity contribution in [1.29, 1.82) is 0 Å². The summed E-state index contributed by atoms with van der Waals surface area (Å²) in [6.07, 6.45) is 2.25. The van der Waals surface area contributed by atoms with Crippen LogP contribution in [0.15, 0.2) is 24.3 Å². The summed E-state index contributed by atoms with van der Waals surface area (Å²) in [6.45, 7) is 11.0.